The molecule has 0 radical (unpaired) electrons. The number of carboxylic acid groups (broad SMARTS) is 1. The summed E-state index contributed by atoms with van der Waals surface area (Å²) in [6.07, 6.45) is 1.10. The summed E-state index contributed by atoms with van der Waals surface area (Å²) in [7, 11) is -3.33. The molecule has 26 heavy (non-hydrogen) atoms. The summed E-state index contributed by atoms with van der Waals surface area (Å²) in [5.41, 5.74) is 1.23. The van der Waals surface area contributed by atoms with Gasteiger partial charge in [0, 0.05) is 30.8 Å². The second-order valence-corrected chi connectivity index (χ2v) is 8.48. The molecule has 1 saturated heterocycles. The van der Waals surface area contributed by atoms with Crippen LogP contribution >= 0.6 is 0 Å². The second kappa shape index (κ2) is 6.92. The van der Waals surface area contributed by atoms with Crippen molar-refractivity contribution >= 4 is 21.7 Å². The Labute approximate surface area is 152 Å². The minimum atomic E-state index is -3.33. The number of carbonyl (C=O) groups excluding carboxylic acids is 1. The summed E-state index contributed by atoms with van der Waals surface area (Å²) in [5.74, 6) is -2.17. The molecule has 1 fully saturated rings. The van der Waals surface area contributed by atoms with Gasteiger partial charge in [-0.05, 0) is 29.8 Å². The van der Waals surface area contributed by atoms with Gasteiger partial charge >= 0.3 is 5.97 Å². The topological polar surface area (TPSA) is 91.8 Å². The van der Waals surface area contributed by atoms with E-state index in [0.717, 1.165) is 11.8 Å². The van der Waals surface area contributed by atoms with Crippen LogP contribution in [0.5, 0.6) is 0 Å². The van der Waals surface area contributed by atoms with E-state index < -0.39 is 21.7 Å². The average Bonchev–Trinajstić information content (AvgIpc) is 3.07. The molecular formula is C19H19NO5S. The van der Waals surface area contributed by atoms with Crippen LogP contribution in [0, 0.1) is 5.92 Å². The lowest BCUT2D eigenvalue weighted by Crippen LogP contribution is -2.29. The predicted octanol–water partition coefficient (Wildman–Crippen LogP) is 2.03. The van der Waals surface area contributed by atoms with Gasteiger partial charge < -0.3 is 10.0 Å². The number of hydrogen-bond acceptors (Lipinski definition) is 4. The van der Waals surface area contributed by atoms with Gasteiger partial charge in [0.1, 0.15) is 0 Å². The summed E-state index contributed by atoms with van der Waals surface area (Å²) >= 11 is 0. The Bertz CT molecular complexity index is 922. The van der Waals surface area contributed by atoms with Gasteiger partial charge in [0.05, 0.1) is 10.8 Å². The van der Waals surface area contributed by atoms with Crippen molar-refractivity contribution in [3.8, 4) is 0 Å². The smallest absolute Gasteiger partial charge is 0.308 e. The van der Waals surface area contributed by atoms with Gasteiger partial charge in [0.25, 0.3) is 5.91 Å². The molecule has 0 aliphatic carbocycles. The molecule has 0 unspecified atom stereocenters. The Morgan fingerprint density at radius 3 is 2.15 bits per heavy atom. The van der Waals surface area contributed by atoms with Crippen molar-refractivity contribution < 1.29 is 23.1 Å². The van der Waals surface area contributed by atoms with E-state index in [0.29, 0.717) is 12.1 Å². The van der Waals surface area contributed by atoms with E-state index in [1.54, 1.807) is 0 Å². The normalized spacial score (nSPS) is 20.1. The van der Waals surface area contributed by atoms with E-state index in [-0.39, 0.29) is 23.3 Å². The molecule has 1 N–H and O–H groups in total. The van der Waals surface area contributed by atoms with Crippen molar-refractivity contribution in [2.75, 3.05) is 19.3 Å². The largest absolute Gasteiger partial charge is 0.481 e. The molecule has 0 bridgehead atoms. The van der Waals surface area contributed by atoms with Gasteiger partial charge in [-0.25, -0.2) is 8.42 Å². The Balaban J connectivity index is 1.83. The highest BCUT2D eigenvalue weighted by Crippen LogP contribution is 2.33. The molecule has 1 aliphatic heterocycles. The summed E-state index contributed by atoms with van der Waals surface area (Å²) in [6, 6.07) is 15.0. The van der Waals surface area contributed by atoms with Crippen LogP contribution in [0.15, 0.2) is 59.5 Å². The molecule has 0 aromatic heterocycles. The fraction of sp³-hybridized carbons (Fsp3) is 0.263. The molecule has 0 saturated carbocycles. The molecular weight excluding hydrogens is 354 g/mol. The number of amides is 1. The van der Waals surface area contributed by atoms with Crippen LogP contribution in [0.4, 0.5) is 0 Å². The van der Waals surface area contributed by atoms with E-state index >= 15 is 0 Å². The highest BCUT2D eigenvalue weighted by Gasteiger charge is 2.40. The highest BCUT2D eigenvalue weighted by molar-refractivity contribution is 7.90. The number of nitrogens with zero attached hydrogens (tertiary/aromatic N) is 1. The third-order valence-corrected chi connectivity index (χ3v) is 5.81. The molecule has 7 heteroatoms. The summed E-state index contributed by atoms with van der Waals surface area (Å²) in [6.45, 7) is 0.440. The van der Waals surface area contributed by atoms with Gasteiger partial charge in [-0.15, -0.1) is 0 Å². The first kappa shape index (κ1) is 18.1. The van der Waals surface area contributed by atoms with Crippen LogP contribution in [0.3, 0.4) is 0 Å². The Kier molecular flexibility index (Phi) is 4.82. The highest BCUT2D eigenvalue weighted by atomic mass is 32.2. The number of carboxylic acids is 1. The van der Waals surface area contributed by atoms with Crippen LogP contribution in [0.1, 0.15) is 21.8 Å². The van der Waals surface area contributed by atoms with Crippen molar-refractivity contribution in [1.29, 1.82) is 0 Å². The SMILES string of the molecule is CS(=O)(=O)c1ccc(C(=O)N2C[C@H](C(=O)O)[C@H](c3ccccc3)C2)cc1. The van der Waals surface area contributed by atoms with Crippen molar-refractivity contribution in [2.45, 2.75) is 10.8 Å². The molecule has 0 spiro atoms. The first-order valence-corrected chi connectivity index (χ1v) is 10.0. The van der Waals surface area contributed by atoms with E-state index in [9.17, 15) is 23.1 Å². The monoisotopic (exact) mass is 373 g/mol. The van der Waals surface area contributed by atoms with E-state index in [1.807, 2.05) is 30.3 Å². The number of likely N-dealkylation sites (tertiary alicyclic amines) is 1. The van der Waals surface area contributed by atoms with Crippen LogP contribution in [-0.2, 0) is 14.6 Å². The molecule has 1 amide bonds. The van der Waals surface area contributed by atoms with Gasteiger partial charge in [0.2, 0.25) is 0 Å². The average molecular weight is 373 g/mol. The molecule has 1 heterocycles. The maximum atomic E-state index is 12.7. The van der Waals surface area contributed by atoms with Crippen molar-refractivity contribution in [3.63, 3.8) is 0 Å². The zero-order chi connectivity index (χ0) is 18.9. The van der Waals surface area contributed by atoms with Crippen molar-refractivity contribution in [3.05, 3.63) is 65.7 Å². The molecule has 2 atom stereocenters. The fourth-order valence-corrected chi connectivity index (χ4v) is 3.92. The number of hydrogen-bond donors (Lipinski definition) is 1. The number of rotatable bonds is 4. The van der Waals surface area contributed by atoms with Crippen molar-refractivity contribution in [2.24, 2.45) is 5.92 Å². The summed E-state index contributed by atoms with van der Waals surface area (Å²) in [4.78, 5) is 26.0. The van der Waals surface area contributed by atoms with Gasteiger partial charge in [-0.2, -0.15) is 0 Å². The maximum Gasteiger partial charge on any atom is 0.308 e. The van der Waals surface area contributed by atoms with Crippen LogP contribution in [-0.4, -0.2) is 49.6 Å². The Morgan fingerprint density at radius 1 is 1.00 bits per heavy atom. The molecule has 6 nitrogen and oxygen atoms in total. The number of sulfone groups is 1. The lowest BCUT2D eigenvalue weighted by molar-refractivity contribution is -0.141. The lowest BCUT2D eigenvalue weighted by Gasteiger charge is -2.17. The molecule has 3 rings (SSSR count). The van der Waals surface area contributed by atoms with Gasteiger partial charge in [-0.1, -0.05) is 30.3 Å². The number of aliphatic carboxylic acids is 1. The minimum Gasteiger partial charge on any atom is -0.481 e. The van der Waals surface area contributed by atoms with Crippen molar-refractivity contribution in [1.82, 2.24) is 4.90 Å². The van der Waals surface area contributed by atoms with Gasteiger partial charge in [-0.3, -0.25) is 9.59 Å². The Hall–Kier alpha value is -2.67. The standard InChI is InChI=1S/C19H19NO5S/c1-26(24,25)15-9-7-14(8-10-15)18(21)20-11-16(17(12-20)19(22)23)13-5-3-2-4-6-13/h2-10,16-17H,11-12H2,1H3,(H,22,23)/t16-,17-/m0/s1. The quantitative estimate of drug-likeness (QED) is 0.885. The zero-order valence-corrected chi connectivity index (χ0v) is 15.0. The van der Waals surface area contributed by atoms with Crippen LogP contribution in [0.25, 0.3) is 0 Å². The Morgan fingerprint density at radius 2 is 1.62 bits per heavy atom. The third-order valence-electron chi connectivity index (χ3n) is 4.68. The van der Waals surface area contributed by atoms with Gasteiger partial charge in [0.15, 0.2) is 9.84 Å². The molecule has 2 aromatic rings. The third kappa shape index (κ3) is 3.62. The number of benzene rings is 2. The second-order valence-electron chi connectivity index (χ2n) is 6.47. The van der Waals surface area contributed by atoms with E-state index in [4.69, 9.17) is 0 Å². The lowest BCUT2D eigenvalue weighted by atomic mass is 9.89. The first-order chi connectivity index (χ1) is 12.3. The predicted molar refractivity (Wildman–Crippen MR) is 95.8 cm³/mol. The van der Waals surface area contributed by atoms with E-state index in [2.05, 4.69) is 0 Å². The van der Waals surface area contributed by atoms with Crippen LogP contribution < -0.4 is 0 Å². The summed E-state index contributed by atoms with van der Waals surface area (Å²) < 4.78 is 23.1. The fourth-order valence-electron chi connectivity index (χ4n) is 3.29. The maximum absolute atomic E-state index is 12.7. The molecule has 136 valence electrons. The molecule has 2 aromatic carbocycles. The minimum absolute atomic E-state index is 0.127. The van der Waals surface area contributed by atoms with Crippen LogP contribution in [0.2, 0.25) is 0 Å². The number of carbonyl (C=O) groups is 2. The molecule has 1 aliphatic rings. The van der Waals surface area contributed by atoms with E-state index in [1.165, 1.54) is 29.2 Å². The summed E-state index contributed by atoms with van der Waals surface area (Å²) in [5, 5.41) is 9.54. The first-order valence-electron chi connectivity index (χ1n) is 8.14. The zero-order valence-electron chi connectivity index (χ0n) is 14.2.